The van der Waals surface area contributed by atoms with E-state index >= 15 is 0 Å². The van der Waals surface area contributed by atoms with Crippen molar-refractivity contribution in [3.63, 3.8) is 0 Å². The molecule has 0 aromatic rings. The molecule has 0 aromatic heterocycles. The zero-order chi connectivity index (χ0) is 11.7. The molecule has 1 rings (SSSR count). The van der Waals surface area contributed by atoms with Crippen LogP contribution in [0.2, 0.25) is 0 Å². The van der Waals surface area contributed by atoms with Gasteiger partial charge in [0.25, 0.3) is 0 Å². The van der Waals surface area contributed by atoms with Crippen LogP contribution in [0.4, 0.5) is 13.2 Å². The zero-order valence-electron chi connectivity index (χ0n) is 9.27. The summed E-state index contributed by atoms with van der Waals surface area (Å²) < 4.78 is 37.7. The predicted molar refractivity (Wildman–Crippen MR) is 53.5 cm³/mol. The highest BCUT2D eigenvalue weighted by Crippen LogP contribution is 2.33. The predicted octanol–water partition coefficient (Wildman–Crippen LogP) is 2.00. The maximum atomic E-state index is 12.6. The van der Waals surface area contributed by atoms with E-state index in [1.165, 1.54) is 4.90 Å². The van der Waals surface area contributed by atoms with Crippen LogP contribution in [0, 0.1) is 5.41 Å². The van der Waals surface area contributed by atoms with Gasteiger partial charge in [-0.05, 0) is 31.3 Å². The van der Waals surface area contributed by atoms with E-state index in [4.69, 9.17) is 5.73 Å². The number of halogens is 3. The minimum absolute atomic E-state index is 0.168. The van der Waals surface area contributed by atoms with E-state index in [1.807, 2.05) is 0 Å². The van der Waals surface area contributed by atoms with Crippen molar-refractivity contribution in [1.82, 2.24) is 4.90 Å². The van der Waals surface area contributed by atoms with Crippen LogP contribution in [-0.4, -0.2) is 36.8 Å². The van der Waals surface area contributed by atoms with Crippen molar-refractivity contribution in [2.45, 2.75) is 38.9 Å². The fourth-order valence-corrected chi connectivity index (χ4v) is 1.93. The molecular formula is C10H19F3N2. The van der Waals surface area contributed by atoms with Gasteiger partial charge in [0, 0.05) is 6.54 Å². The number of hydrogen-bond acceptors (Lipinski definition) is 2. The number of hydrogen-bond donors (Lipinski definition) is 1. The lowest BCUT2D eigenvalue weighted by Gasteiger charge is -2.41. The Bertz CT molecular complexity index is 203. The van der Waals surface area contributed by atoms with Crippen molar-refractivity contribution < 1.29 is 13.2 Å². The third kappa shape index (κ3) is 3.34. The van der Waals surface area contributed by atoms with Gasteiger partial charge < -0.3 is 5.73 Å². The third-order valence-corrected chi connectivity index (χ3v) is 3.19. The van der Waals surface area contributed by atoms with Gasteiger partial charge in [-0.1, -0.05) is 13.8 Å². The summed E-state index contributed by atoms with van der Waals surface area (Å²) in [5.74, 6) is 0. The van der Waals surface area contributed by atoms with Crippen molar-refractivity contribution in [3.8, 4) is 0 Å². The largest absolute Gasteiger partial charge is 0.405 e. The maximum absolute atomic E-state index is 12.6. The summed E-state index contributed by atoms with van der Waals surface area (Å²) >= 11 is 0. The molecule has 1 heterocycles. The van der Waals surface area contributed by atoms with Gasteiger partial charge in [0.2, 0.25) is 0 Å². The van der Waals surface area contributed by atoms with Crippen LogP contribution in [0.15, 0.2) is 0 Å². The molecule has 1 fully saturated rings. The Hall–Kier alpha value is -0.290. The molecule has 0 aliphatic carbocycles. The Morgan fingerprint density at radius 3 is 2.07 bits per heavy atom. The van der Waals surface area contributed by atoms with Crippen LogP contribution in [0.25, 0.3) is 0 Å². The van der Waals surface area contributed by atoms with Crippen molar-refractivity contribution in [1.29, 1.82) is 0 Å². The van der Waals surface area contributed by atoms with Crippen molar-refractivity contribution in [2.75, 3.05) is 19.6 Å². The van der Waals surface area contributed by atoms with E-state index in [9.17, 15) is 13.2 Å². The number of nitrogens with zero attached hydrogens (tertiary/aromatic N) is 1. The molecule has 5 heteroatoms. The van der Waals surface area contributed by atoms with Gasteiger partial charge in [0.15, 0.2) is 0 Å². The molecule has 90 valence electrons. The molecule has 0 bridgehead atoms. The monoisotopic (exact) mass is 224 g/mol. The number of likely N-dealkylation sites (tertiary alicyclic amines) is 1. The standard InChI is InChI=1S/C10H19F3N2/c1-9(2)3-5-15(6-4-9)8(7-14)10(11,12)13/h8H,3-7,14H2,1-2H3. The highest BCUT2D eigenvalue weighted by Gasteiger charge is 2.44. The first-order valence-electron chi connectivity index (χ1n) is 5.27. The van der Waals surface area contributed by atoms with Crippen molar-refractivity contribution >= 4 is 0 Å². The van der Waals surface area contributed by atoms with Gasteiger partial charge in [-0.15, -0.1) is 0 Å². The molecule has 0 amide bonds. The molecule has 2 nitrogen and oxygen atoms in total. The second-order valence-corrected chi connectivity index (χ2v) is 4.99. The van der Waals surface area contributed by atoms with Gasteiger partial charge in [-0.2, -0.15) is 13.2 Å². The first-order chi connectivity index (χ1) is 6.76. The van der Waals surface area contributed by atoms with E-state index in [2.05, 4.69) is 13.8 Å². The van der Waals surface area contributed by atoms with Crippen LogP contribution in [-0.2, 0) is 0 Å². The molecule has 1 unspecified atom stereocenters. The molecule has 1 atom stereocenters. The second-order valence-electron chi connectivity index (χ2n) is 4.99. The van der Waals surface area contributed by atoms with Crippen molar-refractivity contribution in [2.24, 2.45) is 11.1 Å². The summed E-state index contributed by atoms with van der Waals surface area (Å²) in [6.45, 7) is 4.83. The smallest absolute Gasteiger partial charge is 0.329 e. The summed E-state index contributed by atoms with van der Waals surface area (Å²) in [6.07, 6.45) is -2.59. The SMILES string of the molecule is CC1(C)CCN(C(CN)C(F)(F)F)CC1. The molecule has 1 aliphatic rings. The summed E-state index contributed by atoms with van der Waals surface area (Å²) in [5, 5.41) is 0. The minimum Gasteiger partial charge on any atom is -0.329 e. The summed E-state index contributed by atoms with van der Waals surface area (Å²) in [4.78, 5) is 1.46. The zero-order valence-corrected chi connectivity index (χ0v) is 9.27. The second kappa shape index (κ2) is 4.29. The van der Waals surface area contributed by atoms with Crippen LogP contribution < -0.4 is 5.73 Å². The summed E-state index contributed by atoms with van der Waals surface area (Å²) in [7, 11) is 0. The van der Waals surface area contributed by atoms with E-state index in [1.54, 1.807) is 0 Å². The molecule has 1 aliphatic heterocycles. The Labute approximate surface area is 88.6 Å². The average molecular weight is 224 g/mol. The van der Waals surface area contributed by atoms with Crippen LogP contribution >= 0.6 is 0 Å². The first-order valence-corrected chi connectivity index (χ1v) is 5.27. The van der Waals surface area contributed by atoms with Gasteiger partial charge in [-0.3, -0.25) is 4.90 Å². The topological polar surface area (TPSA) is 29.3 Å². The minimum atomic E-state index is -4.20. The van der Waals surface area contributed by atoms with E-state index in [0.29, 0.717) is 13.1 Å². The highest BCUT2D eigenvalue weighted by atomic mass is 19.4. The summed E-state index contributed by atoms with van der Waals surface area (Å²) in [5.41, 5.74) is 5.36. The van der Waals surface area contributed by atoms with Gasteiger partial charge >= 0.3 is 6.18 Å². The van der Waals surface area contributed by atoms with E-state index in [0.717, 1.165) is 12.8 Å². The van der Waals surface area contributed by atoms with Crippen LogP contribution in [0.5, 0.6) is 0 Å². The van der Waals surface area contributed by atoms with E-state index < -0.39 is 12.2 Å². The number of nitrogens with two attached hydrogens (primary N) is 1. The molecular weight excluding hydrogens is 205 g/mol. The van der Waals surface area contributed by atoms with Crippen LogP contribution in [0.3, 0.4) is 0 Å². The number of piperidine rings is 1. The third-order valence-electron chi connectivity index (χ3n) is 3.19. The Morgan fingerprint density at radius 1 is 1.27 bits per heavy atom. The van der Waals surface area contributed by atoms with Crippen LogP contribution in [0.1, 0.15) is 26.7 Å². The first kappa shape index (κ1) is 12.8. The molecule has 0 spiro atoms. The lowest BCUT2D eigenvalue weighted by Crippen LogP contribution is -2.53. The number of alkyl halides is 3. The molecule has 0 aromatic carbocycles. The molecule has 15 heavy (non-hydrogen) atoms. The Balaban J connectivity index is 2.58. The normalized spacial score (nSPS) is 25.2. The van der Waals surface area contributed by atoms with Gasteiger partial charge in [0.1, 0.15) is 6.04 Å². The van der Waals surface area contributed by atoms with E-state index in [-0.39, 0.29) is 12.0 Å². The maximum Gasteiger partial charge on any atom is 0.405 e. The fourth-order valence-electron chi connectivity index (χ4n) is 1.93. The molecule has 0 radical (unpaired) electrons. The molecule has 2 N–H and O–H groups in total. The van der Waals surface area contributed by atoms with Gasteiger partial charge in [-0.25, -0.2) is 0 Å². The lowest BCUT2D eigenvalue weighted by molar-refractivity contribution is -0.185. The summed E-state index contributed by atoms with van der Waals surface area (Å²) in [6, 6.07) is -1.46. The fraction of sp³-hybridized carbons (Fsp3) is 1.00. The average Bonchev–Trinajstić information content (AvgIpc) is 2.06. The Morgan fingerprint density at radius 2 is 1.73 bits per heavy atom. The molecule has 0 saturated carbocycles. The van der Waals surface area contributed by atoms with Crippen molar-refractivity contribution in [3.05, 3.63) is 0 Å². The number of rotatable bonds is 2. The highest BCUT2D eigenvalue weighted by molar-refractivity contribution is 4.86. The molecule has 1 saturated heterocycles. The Kier molecular flexibility index (Phi) is 3.66. The quantitative estimate of drug-likeness (QED) is 0.777. The van der Waals surface area contributed by atoms with Gasteiger partial charge in [0.05, 0.1) is 0 Å². The lowest BCUT2D eigenvalue weighted by atomic mass is 9.82.